The Morgan fingerprint density at radius 2 is 2.15 bits per heavy atom. The Hall–Kier alpha value is -0.870. The zero-order valence-corrected chi connectivity index (χ0v) is 14.0. The van der Waals surface area contributed by atoms with E-state index in [-0.39, 0.29) is 5.41 Å². The summed E-state index contributed by atoms with van der Waals surface area (Å²) in [6.07, 6.45) is 1.05. The van der Waals surface area contributed by atoms with Crippen LogP contribution >= 0.6 is 0 Å². The van der Waals surface area contributed by atoms with Crippen LogP contribution in [0.4, 0.5) is 0 Å². The summed E-state index contributed by atoms with van der Waals surface area (Å²) >= 11 is 0. The molecule has 1 atom stereocenters. The molecule has 0 aliphatic rings. The third-order valence-corrected chi connectivity index (χ3v) is 4.28. The molecular weight excluding hydrogens is 250 g/mol. The van der Waals surface area contributed by atoms with E-state index >= 15 is 0 Å². The van der Waals surface area contributed by atoms with Gasteiger partial charge in [-0.15, -0.1) is 0 Å². The molecule has 4 nitrogen and oxygen atoms in total. The lowest BCUT2D eigenvalue weighted by molar-refractivity contribution is 0.173. The van der Waals surface area contributed by atoms with Gasteiger partial charge >= 0.3 is 0 Å². The van der Waals surface area contributed by atoms with Gasteiger partial charge in [-0.1, -0.05) is 20.8 Å². The quantitative estimate of drug-likeness (QED) is 0.707. The second-order valence-corrected chi connectivity index (χ2v) is 6.25. The number of methoxy groups -OCH3 is 1. The van der Waals surface area contributed by atoms with E-state index in [4.69, 9.17) is 4.74 Å². The molecule has 0 saturated carbocycles. The molecule has 0 aromatic carbocycles. The van der Waals surface area contributed by atoms with Crippen LogP contribution in [0, 0.1) is 18.3 Å². The van der Waals surface area contributed by atoms with Crippen molar-refractivity contribution in [2.75, 3.05) is 26.8 Å². The summed E-state index contributed by atoms with van der Waals surface area (Å²) in [6, 6.07) is 2.22. The van der Waals surface area contributed by atoms with Gasteiger partial charge in [0.1, 0.15) is 0 Å². The summed E-state index contributed by atoms with van der Waals surface area (Å²) in [7, 11) is 1.74. The molecule has 1 rings (SSSR count). The van der Waals surface area contributed by atoms with E-state index in [2.05, 4.69) is 55.8 Å². The van der Waals surface area contributed by atoms with Crippen molar-refractivity contribution < 1.29 is 4.74 Å². The van der Waals surface area contributed by atoms with Gasteiger partial charge in [-0.3, -0.25) is 4.68 Å². The van der Waals surface area contributed by atoms with Crippen molar-refractivity contribution in [1.82, 2.24) is 15.1 Å². The molecule has 0 fully saturated rings. The lowest BCUT2D eigenvalue weighted by Gasteiger charge is -2.34. The third kappa shape index (κ3) is 4.60. The predicted molar refractivity (Wildman–Crippen MR) is 84.0 cm³/mol. The summed E-state index contributed by atoms with van der Waals surface area (Å²) in [4.78, 5) is 0. The van der Waals surface area contributed by atoms with Gasteiger partial charge in [0.2, 0.25) is 0 Å². The second-order valence-electron chi connectivity index (χ2n) is 6.25. The molecular formula is C16H31N3O. The Kier molecular flexibility index (Phi) is 6.69. The topological polar surface area (TPSA) is 39.1 Å². The first-order valence-corrected chi connectivity index (χ1v) is 7.66. The van der Waals surface area contributed by atoms with Crippen LogP contribution in [-0.2, 0) is 17.7 Å². The number of aromatic nitrogens is 2. The van der Waals surface area contributed by atoms with Gasteiger partial charge in [0, 0.05) is 32.4 Å². The van der Waals surface area contributed by atoms with E-state index in [1.807, 2.05) is 0 Å². The number of nitrogens with one attached hydrogen (secondary N) is 1. The van der Waals surface area contributed by atoms with Gasteiger partial charge in [0.25, 0.3) is 0 Å². The zero-order valence-electron chi connectivity index (χ0n) is 14.0. The normalized spacial score (nSPS) is 14.8. The Labute approximate surface area is 123 Å². The Morgan fingerprint density at radius 1 is 1.45 bits per heavy atom. The largest absolute Gasteiger partial charge is 0.383 e. The average Bonchev–Trinajstić information content (AvgIpc) is 2.74. The molecule has 20 heavy (non-hydrogen) atoms. The van der Waals surface area contributed by atoms with Crippen molar-refractivity contribution in [3.05, 3.63) is 17.5 Å². The van der Waals surface area contributed by atoms with Gasteiger partial charge < -0.3 is 10.1 Å². The number of nitrogens with zero attached hydrogens (tertiary/aromatic N) is 2. The van der Waals surface area contributed by atoms with Gasteiger partial charge in [-0.2, -0.15) is 5.10 Å². The average molecular weight is 281 g/mol. The highest BCUT2D eigenvalue weighted by molar-refractivity contribution is 5.11. The molecule has 1 aromatic heterocycles. The van der Waals surface area contributed by atoms with Crippen LogP contribution in [-0.4, -0.2) is 36.6 Å². The molecule has 1 aromatic rings. The van der Waals surface area contributed by atoms with Crippen LogP contribution in [0.5, 0.6) is 0 Å². The smallest absolute Gasteiger partial charge is 0.0596 e. The Bertz CT molecular complexity index is 400. The maximum Gasteiger partial charge on any atom is 0.0596 e. The van der Waals surface area contributed by atoms with E-state index in [1.54, 1.807) is 7.11 Å². The molecule has 0 aliphatic carbocycles. The van der Waals surface area contributed by atoms with Crippen molar-refractivity contribution in [3.63, 3.8) is 0 Å². The lowest BCUT2D eigenvalue weighted by atomic mass is 9.75. The summed E-state index contributed by atoms with van der Waals surface area (Å²) in [5.74, 6) is 0.609. The lowest BCUT2D eigenvalue weighted by Crippen LogP contribution is -2.39. The molecule has 0 bridgehead atoms. The highest BCUT2D eigenvalue weighted by atomic mass is 16.5. The number of ether oxygens (including phenoxy) is 1. The highest BCUT2D eigenvalue weighted by Gasteiger charge is 2.29. The minimum atomic E-state index is 0.229. The minimum absolute atomic E-state index is 0.229. The van der Waals surface area contributed by atoms with E-state index < -0.39 is 0 Å². The summed E-state index contributed by atoms with van der Waals surface area (Å²) in [5, 5.41) is 8.08. The second kappa shape index (κ2) is 7.79. The van der Waals surface area contributed by atoms with E-state index in [0.29, 0.717) is 5.92 Å². The van der Waals surface area contributed by atoms with Crippen LogP contribution in [0.15, 0.2) is 6.07 Å². The van der Waals surface area contributed by atoms with Crippen molar-refractivity contribution in [3.8, 4) is 0 Å². The summed E-state index contributed by atoms with van der Waals surface area (Å²) in [6.45, 7) is 14.8. The number of hydrogen-bond donors (Lipinski definition) is 1. The standard InChI is InChI=1S/C16H31N3O/c1-7-19-15(10-14(4)18-19)11-16(5,13(2)3)12-17-8-9-20-6/h10,13,17H,7-9,11-12H2,1-6H3. The van der Waals surface area contributed by atoms with Crippen molar-refractivity contribution in [2.45, 2.75) is 47.6 Å². The molecule has 0 amide bonds. The Balaban J connectivity index is 2.74. The molecule has 0 spiro atoms. The fourth-order valence-electron chi connectivity index (χ4n) is 2.45. The first kappa shape index (κ1) is 17.2. The summed E-state index contributed by atoms with van der Waals surface area (Å²) < 4.78 is 7.23. The van der Waals surface area contributed by atoms with Gasteiger partial charge in [-0.25, -0.2) is 0 Å². The molecule has 0 radical (unpaired) electrons. The maximum absolute atomic E-state index is 5.10. The van der Waals surface area contributed by atoms with E-state index in [9.17, 15) is 0 Å². The molecule has 1 heterocycles. The molecule has 0 aliphatic heterocycles. The van der Waals surface area contributed by atoms with Crippen molar-refractivity contribution in [1.29, 1.82) is 0 Å². The first-order valence-electron chi connectivity index (χ1n) is 7.66. The van der Waals surface area contributed by atoms with Crippen LogP contribution < -0.4 is 5.32 Å². The zero-order chi connectivity index (χ0) is 15.2. The molecule has 4 heteroatoms. The molecule has 0 saturated heterocycles. The summed E-state index contributed by atoms with van der Waals surface area (Å²) in [5.41, 5.74) is 2.68. The Morgan fingerprint density at radius 3 is 2.70 bits per heavy atom. The van der Waals surface area contributed by atoms with Crippen LogP contribution in [0.1, 0.15) is 39.1 Å². The molecule has 1 N–H and O–H groups in total. The first-order chi connectivity index (χ1) is 9.42. The van der Waals surface area contributed by atoms with Gasteiger partial charge in [0.15, 0.2) is 0 Å². The maximum atomic E-state index is 5.10. The van der Waals surface area contributed by atoms with E-state index in [0.717, 1.165) is 38.4 Å². The molecule has 116 valence electrons. The third-order valence-electron chi connectivity index (χ3n) is 4.28. The van der Waals surface area contributed by atoms with Gasteiger partial charge in [0.05, 0.1) is 12.3 Å². The number of aryl methyl sites for hydroxylation is 2. The SMILES string of the molecule is CCn1nc(C)cc1CC(C)(CNCCOC)C(C)C. The van der Waals surface area contributed by atoms with Crippen LogP contribution in [0.2, 0.25) is 0 Å². The fraction of sp³-hybridized carbons (Fsp3) is 0.812. The fourth-order valence-corrected chi connectivity index (χ4v) is 2.45. The molecule has 1 unspecified atom stereocenters. The van der Waals surface area contributed by atoms with Crippen LogP contribution in [0.3, 0.4) is 0 Å². The predicted octanol–water partition coefficient (Wildman–Crippen LogP) is 2.65. The van der Waals surface area contributed by atoms with E-state index in [1.165, 1.54) is 5.69 Å². The number of hydrogen-bond acceptors (Lipinski definition) is 3. The van der Waals surface area contributed by atoms with Crippen molar-refractivity contribution in [2.24, 2.45) is 11.3 Å². The minimum Gasteiger partial charge on any atom is -0.383 e. The van der Waals surface area contributed by atoms with Crippen molar-refractivity contribution >= 4 is 0 Å². The van der Waals surface area contributed by atoms with Crippen LogP contribution in [0.25, 0.3) is 0 Å². The number of rotatable bonds is 9. The highest BCUT2D eigenvalue weighted by Crippen LogP contribution is 2.31. The monoisotopic (exact) mass is 281 g/mol. The van der Waals surface area contributed by atoms with Gasteiger partial charge in [-0.05, 0) is 37.7 Å².